The number of fused-ring (bicyclic) bond motifs is 9. The van der Waals surface area contributed by atoms with E-state index in [0.717, 1.165) is 36.4 Å². The largest absolute Gasteiger partial charge is 0.493 e. The lowest BCUT2D eigenvalue weighted by atomic mass is 10.0. The van der Waals surface area contributed by atoms with Crippen LogP contribution in [0.4, 0.5) is 69.7 Å². The molecular formula is C73H62F12N10O12. The lowest BCUT2D eigenvalue weighted by Gasteiger charge is -2.16. The summed E-state index contributed by atoms with van der Waals surface area (Å²) in [7, 11) is 11.8. The minimum absolute atomic E-state index is 0.00840. The second kappa shape index (κ2) is 31.7. The number of rotatable bonds is 27. The van der Waals surface area contributed by atoms with Crippen molar-refractivity contribution in [3.05, 3.63) is 171 Å². The number of aromatic amines is 3. The topological polar surface area (TPSA) is 267 Å². The zero-order valence-electron chi connectivity index (χ0n) is 57.7. The maximum Gasteiger partial charge on any atom is 0.251 e. The Labute approximate surface area is 598 Å². The minimum atomic E-state index is -2.16. The molecule has 10 aromatic rings. The van der Waals surface area contributed by atoms with Crippen LogP contribution in [-0.2, 0) is 0 Å². The maximum atomic E-state index is 17.3. The number of benzene rings is 6. The number of ether oxygens (including phenoxy) is 9. The molecule has 0 radical (unpaired) electrons. The summed E-state index contributed by atoms with van der Waals surface area (Å²) in [4.78, 5) is 52.5. The summed E-state index contributed by atoms with van der Waals surface area (Å²) in [5.74, 6) is -25.9. The van der Waals surface area contributed by atoms with Crippen LogP contribution in [0.3, 0.4) is 0 Å². The van der Waals surface area contributed by atoms with Crippen molar-refractivity contribution >= 4 is 80.0 Å². The van der Waals surface area contributed by atoms with Crippen LogP contribution in [0.25, 0.3) is 78.6 Å². The average Bonchev–Trinajstić information content (AvgIpc) is 1.55. The third kappa shape index (κ3) is 14.1. The van der Waals surface area contributed by atoms with Gasteiger partial charge in [0.25, 0.3) is 17.7 Å². The Balaban J connectivity index is 1.02. The van der Waals surface area contributed by atoms with Gasteiger partial charge in [0.05, 0.1) is 103 Å². The SMILES string of the molecule is COc1cc(C(=O)NCCNc2c(F)c(F)c(-c3c4nc(c(-c5c(F)c(F)c(NCCNC(=O)c6cc(OC)c(OC)c(OC)c6)c(F)c5F)c5ccc([nH]5)c5ccc([nH]5)c(-c5c(F)c(F)c(NCCNC(=O)c6cc(OC)c(OC)c(OC)c6)c(F)c5F)c5ccc3[nH]5)C=C4)c(F)c2F)cc(OC)c1OC. The number of H-pyrrole nitrogens is 3. The number of halogens is 12. The first-order chi connectivity index (χ1) is 51.4. The lowest BCUT2D eigenvalue weighted by Crippen LogP contribution is -2.29. The van der Waals surface area contributed by atoms with Crippen molar-refractivity contribution in [1.82, 2.24) is 35.9 Å². The summed E-state index contributed by atoms with van der Waals surface area (Å²) in [6.45, 7) is -2.99. The lowest BCUT2D eigenvalue weighted by molar-refractivity contribution is 0.0946. The molecule has 3 amide bonds. The number of hydrogen-bond acceptors (Lipinski definition) is 16. The monoisotopic (exact) mass is 1500 g/mol. The summed E-state index contributed by atoms with van der Waals surface area (Å²) < 4.78 is 251. The van der Waals surface area contributed by atoms with Crippen molar-refractivity contribution in [2.75, 3.05) is 119 Å². The number of methoxy groups -OCH3 is 9. The molecule has 0 unspecified atom stereocenters. The Kier molecular flexibility index (Phi) is 22.3. The summed E-state index contributed by atoms with van der Waals surface area (Å²) in [5.41, 5.74) is -14.6. The Morgan fingerprint density at radius 3 is 0.766 bits per heavy atom. The molecule has 107 heavy (non-hydrogen) atoms. The molecule has 5 heterocycles. The summed E-state index contributed by atoms with van der Waals surface area (Å²) in [5, 5.41) is 14.1. The molecule has 0 fully saturated rings. The van der Waals surface area contributed by atoms with Gasteiger partial charge >= 0.3 is 0 Å². The van der Waals surface area contributed by atoms with E-state index in [0.29, 0.717) is 0 Å². The molecular weight excluding hydrogens is 1440 g/mol. The predicted octanol–water partition coefficient (Wildman–Crippen LogP) is 14.0. The number of carbonyl (C=O) groups is 3. The molecule has 6 aromatic carbocycles. The molecule has 8 bridgehead atoms. The maximum absolute atomic E-state index is 17.3. The number of amides is 3. The molecule has 0 atom stereocenters. The van der Waals surface area contributed by atoms with Gasteiger partial charge in [-0.25, -0.2) is 57.7 Å². The summed E-state index contributed by atoms with van der Waals surface area (Å²) in [6.07, 6.45) is 1.86. The van der Waals surface area contributed by atoms with Crippen molar-refractivity contribution in [1.29, 1.82) is 0 Å². The summed E-state index contributed by atoms with van der Waals surface area (Å²) in [6, 6.07) is 14.6. The van der Waals surface area contributed by atoms with E-state index in [1.165, 1.54) is 113 Å². The van der Waals surface area contributed by atoms with Gasteiger partial charge in [0.15, 0.2) is 104 Å². The van der Waals surface area contributed by atoms with Gasteiger partial charge in [0.1, 0.15) is 17.1 Å². The first-order valence-corrected chi connectivity index (χ1v) is 31.8. The van der Waals surface area contributed by atoms with Gasteiger partial charge in [-0.2, -0.15) is 0 Å². The van der Waals surface area contributed by atoms with Gasteiger partial charge in [-0.05, 0) is 84.9 Å². The Morgan fingerprint density at radius 2 is 0.523 bits per heavy atom. The summed E-state index contributed by atoms with van der Waals surface area (Å²) >= 11 is 0. The highest BCUT2D eigenvalue weighted by atomic mass is 19.2. The molecule has 9 N–H and O–H groups in total. The van der Waals surface area contributed by atoms with Gasteiger partial charge < -0.3 is 89.5 Å². The van der Waals surface area contributed by atoms with Crippen LogP contribution >= 0.6 is 0 Å². The number of anilines is 3. The number of carbonyl (C=O) groups excluding carboxylic acids is 3. The highest BCUT2D eigenvalue weighted by molar-refractivity contribution is 6.02. The van der Waals surface area contributed by atoms with Crippen LogP contribution in [0.15, 0.2) is 72.8 Å². The van der Waals surface area contributed by atoms with Crippen molar-refractivity contribution in [3.63, 3.8) is 0 Å². The van der Waals surface area contributed by atoms with Gasteiger partial charge in [-0.3, -0.25) is 14.4 Å². The fourth-order valence-corrected chi connectivity index (χ4v) is 12.0. The van der Waals surface area contributed by atoms with Gasteiger partial charge in [-0.1, -0.05) is 0 Å². The fraction of sp³-hybridized carbons (Fsp3) is 0.205. The van der Waals surface area contributed by atoms with Crippen LogP contribution < -0.4 is 74.5 Å². The molecule has 22 nitrogen and oxygen atoms in total. The van der Waals surface area contributed by atoms with Crippen LogP contribution in [0, 0.1) is 69.8 Å². The Morgan fingerprint density at radius 1 is 0.299 bits per heavy atom. The minimum Gasteiger partial charge on any atom is -0.493 e. The van der Waals surface area contributed by atoms with E-state index >= 15 is 52.7 Å². The van der Waals surface area contributed by atoms with E-state index in [4.69, 9.17) is 42.6 Å². The highest BCUT2D eigenvalue weighted by Gasteiger charge is 2.34. The van der Waals surface area contributed by atoms with E-state index in [1.807, 2.05) is 0 Å². The van der Waals surface area contributed by atoms with E-state index in [1.54, 1.807) is 0 Å². The second-order valence-electron chi connectivity index (χ2n) is 23.0. The molecule has 34 heteroatoms. The number of nitrogens with one attached hydrogen (secondary N) is 9. The molecule has 560 valence electrons. The van der Waals surface area contributed by atoms with Crippen molar-refractivity contribution < 1.29 is 110 Å². The van der Waals surface area contributed by atoms with Gasteiger partial charge in [0.2, 0.25) is 17.2 Å². The number of aromatic nitrogens is 4. The molecule has 11 rings (SSSR count). The van der Waals surface area contributed by atoms with E-state index in [2.05, 4.69) is 51.8 Å². The molecule has 0 saturated carbocycles. The van der Waals surface area contributed by atoms with Gasteiger partial charge in [0, 0.05) is 94.7 Å². The van der Waals surface area contributed by atoms with E-state index in [-0.39, 0.29) is 85.0 Å². The predicted molar refractivity (Wildman–Crippen MR) is 372 cm³/mol. The van der Waals surface area contributed by atoms with Crippen LogP contribution in [0.1, 0.15) is 42.5 Å². The first kappa shape index (κ1) is 75.4. The fourth-order valence-electron chi connectivity index (χ4n) is 12.0. The molecule has 1 aliphatic heterocycles. The van der Waals surface area contributed by atoms with Gasteiger partial charge in [-0.15, -0.1) is 0 Å². The highest BCUT2D eigenvalue weighted by Crippen LogP contribution is 2.46. The average molecular weight is 1500 g/mol. The zero-order valence-corrected chi connectivity index (χ0v) is 57.7. The standard InChI is InChI=1S/C73H62F12N10O12/c1-99-41-24-30(25-42(100-2)68(41)105-7)71(96)89-21-18-86-65-59(80)53(74)50(54(75)60(65)81)47-35-12-10-33(92-35)34-11-13-36(93-34)48(51-55(76)61(82)66(62(83)56(51)77)87-19-22-90-72(97)31-26-43(101-3)69(106-8)44(27-31)102-4)38-15-17-40(95-38)49(39-16-14-37(47)94-39)52-57(78)63(84)67(64(85)58(52)79)88-20-23-91-73(98)32-28-45(103-5)70(107-9)46(29-32)104-6/h10-17,24-29,86-88,92-94H,18-23H2,1-9H3,(H,89,96)(H,90,97)(H,91,98). The van der Waals surface area contributed by atoms with Crippen molar-refractivity contribution in [2.24, 2.45) is 0 Å². The first-order valence-electron chi connectivity index (χ1n) is 31.8. The number of hydrogen-bond donors (Lipinski definition) is 9. The van der Waals surface area contributed by atoms with Crippen LogP contribution in [0.5, 0.6) is 51.7 Å². The van der Waals surface area contributed by atoms with Crippen molar-refractivity contribution in [3.8, 4) is 85.1 Å². The van der Waals surface area contributed by atoms with E-state index < -0.39 is 205 Å². The second-order valence-corrected chi connectivity index (χ2v) is 23.0. The van der Waals surface area contributed by atoms with E-state index in [9.17, 15) is 14.4 Å². The molecule has 4 aromatic heterocycles. The van der Waals surface area contributed by atoms with Crippen molar-refractivity contribution in [2.45, 2.75) is 0 Å². The molecule has 0 spiro atoms. The molecule has 0 aliphatic carbocycles. The zero-order chi connectivity index (χ0) is 77.0. The molecule has 1 aliphatic rings. The third-order valence-corrected chi connectivity index (χ3v) is 17.0. The smallest absolute Gasteiger partial charge is 0.251 e. The number of nitrogens with zero attached hydrogens (tertiary/aromatic N) is 1. The normalized spacial score (nSPS) is 11.3. The Hall–Kier alpha value is -12.8. The third-order valence-electron chi connectivity index (χ3n) is 17.0. The molecule has 0 saturated heterocycles. The van der Waals surface area contributed by atoms with Crippen LogP contribution in [-0.4, -0.2) is 141 Å². The van der Waals surface area contributed by atoms with Crippen LogP contribution in [0.2, 0.25) is 0 Å². The Bertz CT molecular complexity index is 5220. The quantitative estimate of drug-likeness (QED) is 0.0132.